The largest absolute Gasteiger partial charge is 0.480 e. The van der Waals surface area contributed by atoms with E-state index < -0.39 is 56.8 Å². The van der Waals surface area contributed by atoms with Crippen LogP contribution in [0.3, 0.4) is 0 Å². The van der Waals surface area contributed by atoms with Gasteiger partial charge in [0.25, 0.3) is 5.56 Å². The zero-order chi connectivity index (χ0) is 27.1. The van der Waals surface area contributed by atoms with E-state index in [2.05, 4.69) is 14.7 Å². The quantitative estimate of drug-likeness (QED) is 0.0862. The molecule has 194 valence electrons. The number of carboxylic acids is 1. The van der Waals surface area contributed by atoms with E-state index in [0.29, 0.717) is 5.56 Å². The van der Waals surface area contributed by atoms with Gasteiger partial charge in [-0.05, 0) is 18.9 Å². The molecule has 0 fully saturated rings. The molecular weight excluding hydrogens is 494 g/mol. The van der Waals surface area contributed by atoms with Crippen LogP contribution in [0.25, 0.3) is 0 Å². The van der Waals surface area contributed by atoms with Gasteiger partial charge in [-0.2, -0.15) is 0 Å². The van der Waals surface area contributed by atoms with Crippen LogP contribution in [0.15, 0.2) is 46.3 Å². The van der Waals surface area contributed by atoms with Crippen molar-refractivity contribution in [2.45, 2.75) is 31.2 Å². The summed E-state index contributed by atoms with van der Waals surface area (Å²) >= 11 is 0. The van der Waals surface area contributed by atoms with Gasteiger partial charge in [-0.25, -0.2) is 18.2 Å². The first kappa shape index (κ1) is 28.1. The van der Waals surface area contributed by atoms with Gasteiger partial charge in [0, 0.05) is 6.54 Å². The molecule has 8 N–H and O–H groups in total. The fourth-order valence-electron chi connectivity index (χ4n) is 3.37. The number of aryl methyl sites for hydroxylation is 1. The van der Waals surface area contributed by atoms with Gasteiger partial charge in [0.15, 0.2) is 23.6 Å². The molecule has 0 amide bonds. The number of guanidine groups is 1. The Morgan fingerprint density at radius 2 is 1.92 bits per heavy atom. The zero-order valence-electron chi connectivity index (χ0n) is 19.3. The first-order valence-electron chi connectivity index (χ1n) is 10.5. The molecule has 0 bridgehead atoms. The molecule has 0 aliphatic heterocycles. The monoisotopic (exact) mass is 521 g/mol. The summed E-state index contributed by atoms with van der Waals surface area (Å²) in [5, 5.41) is 9.48. The number of carbonyl (C=O) groups excluding carboxylic acids is 2. The number of Topliss-reactive ketones (excluding diaryl/α,β-unsaturated/α-hetero) is 1. The molecule has 0 aliphatic carbocycles. The van der Waals surface area contributed by atoms with Gasteiger partial charge >= 0.3 is 5.97 Å². The predicted octanol–water partition coefficient (Wildman–Crippen LogP) is -1.68. The number of hydrogen-bond acceptors (Lipinski definition) is 9. The normalized spacial score (nSPS) is 13.7. The Kier molecular flexibility index (Phi) is 9.02. The van der Waals surface area contributed by atoms with Crippen LogP contribution in [0.4, 0.5) is 5.69 Å². The van der Waals surface area contributed by atoms with E-state index in [-0.39, 0.29) is 31.0 Å². The summed E-state index contributed by atoms with van der Waals surface area (Å²) in [6.07, 6.45) is 0.617. The Hall–Kier alpha value is -4.11. The highest BCUT2D eigenvalue weighted by atomic mass is 32.2. The molecule has 2 rings (SSSR count). The average Bonchev–Trinajstić information content (AvgIpc) is 2.80. The lowest BCUT2D eigenvalue weighted by Crippen LogP contribution is -2.59. The number of aromatic nitrogens is 2. The van der Waals surface area contributed by atoms with Crippen LogP contribution in [0.1, 0.15) is 17.8 Å². The molecule has 14 nitrogen and oxygen atoms in total. The Balaban J connectivity index is 2.37. The number of nitrogens with one attached hydrogen (secondary N) is 1. The number of benzene rings is 1. The van der Waals surface area contributed by atoms with Gasteiger partial charge in [0.05, 0.1) is 24.4 Å². The lowest BCUT2D eigenvalue weighted by atomic mass is 9.80. The lowest BCUT2D eigenvalue weighted by Gasteiger charge is -2.27. The smallest absolute Gasteiger partial charge is 0.331 e. The number of aliphatic imine (C=N–C) groups is 1. The zero-order valence-corrected chi connectivity index (χ0v) is 20.1. The van der Waals surface area contributed by atoms with E-state index in [0.717, 1.165) is 10.8 Å². The van der Waals surface area contributed by atoms with Gasteiger partial charge in [-0.1, -0.05) is 30.3 Å². The number of carboxylic acid groups (broad SMARTS) is 1. The van der Waals surface area contributed by atoms with E-state index in [1.165, 1.54) is 6.92 Å². The minimum atomic E-state index is -4.01. The van der Waals surface area contributed by atoms with Gasteiger partial charge < -0.3 is 27.1 Å². The number of aliphatic carboxylic acids is 1. The number of sulfonamides is 1. The van der Waals surface area contributed by atoms with Crippen LogP contribution in [0.5, 0.6) is 0 Å². The van der Waals surface area contributed by atoms with Crippen LogP contribution >= 0.6 is 0 Å². The van der Waals surface area contributed by atoms with Crippen molar-refractivity contribution >= 4 is 39.7 Å². The van der Waals surface area contributed by atoms with Crippen molar-refractivity contribution in [3.63, 3.8) is 0 Å². The molecule has 15 heteroatoms. The average molecular weight is 522 g/mol. The van der Waals surface area contributed by atoms with E-state index >= 15 is 0 Å². The third-order valence-electron chi connectivity index (χ3n) is 5.27. The summed E-state index contributed by atoms with van der Waals surface area (Å²) in [4.78, 5) is 57.0. The Morgan fingerprint density at radius 1 is 1.28 bits per heavy atom. The Morgan fingerprint density at radius 3 is 2.47 bits per heavy atom. The Bertz CT molecular complexity index is 1320. The third kappa shape index (κ3) is 6.96. The molecule has 0 saturated carbocycles. The van der Waals surface area contributed by atoms with Crippen molar-refractivity contribution in [1.29, 1.82) is 0 Å². The van der Waals surface area contributed by atoms with Gasteiger partial charge in [0.2, 0.25) is 10.0 Å². The van der Waals surface area contributed by atoms with Crippen molar-refractivity contribution in [3.8, 4) is 0 Å². The van der Waals surface area contributed by atoms with Gasteiger partial charge in [-0.3, -0.25) is 23.9 Å². The fraction of sp³-hybridized carbons (Fsp3) is 0.333. The second-order valence-corrected chi connectivity index (χ2v) is 9.65. The highest BCUT2D eigenvalue weighted by molar-refractivity contribution is 7.91. The number of ketones is 1. The maximum absolute atomic E-state index is 13.1. The molecule has 1 aromatic carbocycles. The second kappa shape index (κ2) is 11.5. The summed E-state index contributed by atoms with van der Waals surface area (Å²) in [5.41, 5.74) is 12.8. The van der Waals surface area contributed by atoms with Crippen LogP contribution in [0.2, 0.25) is 0 Å². The van der Waals surface area contributed by atoms with Crippen molar-refractivity contribution < 1.29 is 27.9 Å². The number of rotatable bonds is 13. The number of anilines is 1. The second-order valence-electron chi connectivity index (χ2n) is 7.93. The molecule has 0 radical (unpaired) electrons. The summed E-state index contributed by atoms with van der Waals surface area (Å²) in [7, 11) is -4.01. The molecule has 0 spiro atoms. The standard InChI is InChI=1S/C21H27N7O7S/c1-13-26-9-16(27-36(34,35)11-14-5-3-2-4-6-14)18(31)28(13)10-17(30)15(7-8-25-20(22)23)21(24,12-29)19(32)33/h2-6,9,12,15,27H,7-8,10-11,24H2,1H3,(H,32,33)(H4,22,23,25)/t15?,21-/m0/s1. The minimum Gasteiger partial charge on any atom is -0.480 e. The molecule has 2 aromatic rings. The topological polar surface area (TPSA) is 243 Å². The predicted molar refractivity (Wildman–Crippen MR) is 130 cm³/mol. The fourth-order valence-corrected chi connectivity index (χ4v) is 4.54. The van der Waals surface area contributed by atoms with E-state index in [1.54, 1.807) is 30.3 Å². The Labute approximate surface area is 206 Å². The van der Waals surface area contributed by atoms with Crippen molar-refractivity contribution in [2.75, 3.05) is 11.3 Å². The van der Waals surface area contributed by atoms with Gasteiger partial charge in [-0.15, -0.1) is 0 Å². The van der Waals surface area contributed by atoms with E-state index in [4.69, 9.17) is 17.2 Å². The summed E-state index contributed by atoms with van der Waals surface area (Å²) in [6.45, 7) is 0.431. The van der Waals surface area contributed by atoms with E-state index in [9.17, 15) is 32.7 Å². The van der Waals surface area contributed by atoms with Crippen LogP contribution < -0.4 is 27.5 Å². The number of nitrogens with two attached hydrogens (primary N) is 3. The molecule has 0 aliphatic rings. The molecule has 1 aromatic heterocycles. The number of carbonyl (C=O) groups is 3. The number of hydrogen-bond donors (Lipinski definition) is 5. The van der Waals surface area contributed by atoms with Crippen LogP contribution in [0, 0.1) is 12.8 Å². The highest BCUT2D eigenvalue weighted by Gasteiger charge is 2.46. The molecular formula is C21H27N7O7S. The maximum Gasteiger partial charge on any atom is 0.331 e. The SMILES string of the molecule is Cc1ncc(NS(=O)(=O)Cc2ccccc2)c(=O)n1CC(=O)C(CCN=C(N)N)[C@@](N)(C=O)C(=O)O. The first-order valence-corrected chi connectivity index (χ1v) is 12.1. The molecule has 0 saturated heterocycles. The third-order valence-corrected chi connectivity index (χ3v) is 6.51. The maximum atomic E-state index is 13.1. The number of aldehydes is 1. The van der Waals surface area contributed by atoms with Crippen molar-refractivity contribution in [1.82, 2.24) is 9.55 Å². The van der Waals surface area contributed by atoms with Crippen LogP contribution in [-0.4, -0.2) is 59.2 Å². The van der Waals surface area contributed by atoms with Gasteiger partial charge in [0.1, 0.15) is 11.5 Å². The summed E-state index contributed by atoms with van der Waals surface area (Å²) in [5.74, 6) is -4.97. The summed E-state index contributed by atoms with van der Waals surface area (Å²) in [6, 6.07) is 8.24. The van der Waals surface area contributed by atoms with Crippen molar-refractivity contribution in [3.05, 3.63) is 58.3 Å². The number of nitrogens with zero attached hydrogens (tertiary/aromatic N) is 3. The molecule has 2 atom stereocenters. The molecule has 1 heterocycles. The first-order chi connectivity index (χ1) is 16.8. The minimum absolute atomic E-state index is 0.0337. The summed E-state index contributed by atoms with van der Waals surface area (Å²) < 4.78 is 28.1. The van der Waals surface area contributed by atoms with Crippen LogP contribution in [-0.2, 0) is 36.7 Å². The lowest BCUT2D eigenvalue weighted by molar-refractivity contribution is -0.151. The molecule has 36 heavy (non-hydrogen) atoms. The highest BCUT2D eigenvalue weighted by Crippen LogP contribution is 2.20. The molecule has 1 unspecified atom stereocenters. The van der Waals surface area contributed by atoms with Crippen molar-refractivity contribution in [2.24, 2.45) is 28.1 Å². The van der Waals surface area contributed by atoms with E-state index in [1.807, 2.05) is 0 Å².